The van der Waals surface area contributed by atoms with Gasteiger partial charge in [-0.1, -0.05) is 62.9 Å². The highest BCUT2D eigenvalue weighted by Gasteiger charge is 2.70. The van der Waals surface area contributed by atoms with E-state index in [9.17, 15) is 24.3 Å². The van der Waals surface area contributed by atoms with Gasteiger partial charge in [0.1, 0.15) is 11.5 Å². The molecule has 54 heavy (non-hydrogen) atoms. The Morgan fingerprint density at radius 2 is 1.63 bits per heavy atom. The SMILES string of the molecule is COc1ccc(C23C(=O)N(Nc4ccc(Cl)cc4Cl)C(=O)C2CC2C(=CCC4C(=O)N(c5ccc(C(C)=O)cc5)C(=O)C42)C3c2cc(Br)ccc2O)cc1. The summed E-state index contributed by atoms with van der Waals surface area (Å²) < 4.78 is 6.08. The smallest absolute Gasteiger partial charge is 0.260 e. The molecule has 13 heteroatoms. The molecule has 8 rings (SSSR count). The Morgan fingerprint density at radius 1 is 0.907 bits per heavy atom. The van der Waals surface area contributed by atoms with Gasteiger partial charge in [-0.25, -0.2) is 0 Å². The van der Waals surface area contributed by atoms with E-state index in [4.69, 9.17) is 27.9 Å². The quantitative estimate of drug-likeness (QED) is 0.109. The van der Waals surface area contributed by atoms with Gasteiger partial charge in [0.05, 0.1) is 46.7 Å². The number of nitrogens with one attached hydrogen (secondary N) is 1. The number of benzene rings is 4. The minimum atomic E-state index is -1.63. The Morgan fingerprint density at radius 3 is 2.30 bits per heavy atom. The van der Waals surface area contributed by atoms with Crippen molar-refractivity contribution < 1.29 is 33.8 Å². The van der Waals surface area contributed by atoms with Crippen molar-refractivity contribution in [3.8, 4) is 11.5 Å². The highest BCUT2D eigenvalue weighted by atomic mass is 79.9. The number of carbonyl (C=O) groups excluding carboxylic acids is 5. The van der Waals surface area contributed by atoms with E-state index in [0.717, 1.165) is 5.01 Å². The van der Waals surface area contributed by atoms with Crippen molar-refractivity contribution in [1.82, 2.24) is 5.01 Å². The van der Waals surface area contributed by atoms with Crippen molar-refractivity contribution >= 4 is 79.9 Å². The van der Waals surface area contributed by atoms with Crippen molar-refractivity contribution in [1.29, 1.82) is 0 Å². The van der Waals surface area contributed by atoms with Gasteiger partial charge in [-0.2, -0.15) is 5.01 Å². The Balaban J connectivity index is 1.32. The number of halogens is 3. The molecule has 4 aromatic rings. The van der Waals surface area contributed by atoms with Crippen molar-refractivity contribution in [2.45, 2.75) is 31.1 Å². The molecule has 2 N–H and O–H groups in total. The summed E-state index contributed by atoms with van der Waals surface area (Å²) in [7, 11) is 1.53. The number of aromatic hydroxyl groups is 1. The van der Waals surface area contributed by atoms with Gasteiger partial charge in [0, 0.05) is 26.5 Å². The highest BCUT2D eigenvalue weighted by Crippen LogP contribution is 2.65. The molecule has 2 heterocycles. The number of phenolic OH excluding ortho intramolecular Hbond substituents is 1. The number of methoxy groups -OCH3 is 1. The Kier molecular flexibility index (Phi) is 8.94. The first kappa shape index (κ1) is 36.0. The van der Waals surface area contributed by atoms with Gasteiger partial charge >= 0.3 is 0 Å². The van der Waals surface area contributed by atoms with Crippen molar-refractivity contribution in [2.75, 3.05) is 17.4 Å². The summed E-state index contributed by atoms with van der Waals surface area (Å²) in [6.45, 7) is 1.44. The van der Waals surface area contributed by atoms with E-state index in [0.29, 0.717) is 43.2 Å². The van der Waals surface area contributed by atoms with Crippen LogP contribution in [0.4, 0.5) is 11.4 Å². The van der Waals surface area contributed by atoms with Gasteiger partial charge < -0.3 is 9.84 Å². The van der Waals surface area contributed by atoms with Crippen molar-refractivity contribution in [3.05, 3.63) is 128 Å². The minimum absolute atomic E-state index is 0.0531. The number of anilines is 2. The van der Waals surface area contributed by atoms with Gasteiger partial charge in [0.25, 0.3) is 11.8 Å². The normalized spacial score (nSPS) is 25.9. The van der Waals surface area contributed by atoms with Gasteiger partial charge in [-0.3, -0.25) is 34.3 Å². The molecule has 6 atom stereocenters. The van der Waals surface area contributed by atoms with E-state index in [1.54, 1.807) is 72.8 Å². The average molecular weight is 830 g/mol. The molecule has 2 aliphatic heterocycles. The van der Waals surface area contributed by atoms with Crippen LogP contribution in [0.5, 0.6) is 11.5 Å². The number of fused-ring (bicyclic) bond motifs is 4. The molecule has 0 aromatic heterocycles. The molecule has 10 nitrogen and oxygen atoms in total. The summed E-state index contributed by atoms with van der Waals surface area (Å²) in [5.74, 6) is -5.91. The number of allylic oxidation sites excluding steroid dienone is 2. The molecule has 274 valence electrons. The molecule has 4 amide bonds. The molecule has 3 fully saturated rings. The van der Waals surface area contributed by atoms with Crippen LogP contribution in [0.1, 0.15) is 47.2 Å². The molecule has 0 bridgehead atoms. The first-order valence-corrected chi connectivity index (χ1v) is 18.8. The number of ketones is 1. The molecule has 2 aliphatic carbocycles. The van der Waals surface area contributed by atoms with Crippen LogP contribution in [0.25, 0.3) is 0 Å². The molecular formula is C41H32BrCl2N3O7. The van der Waals surface area contributed by atoms with E-state index in [1.807, 2.05) is 6.08 Å². The van der Waals surface area contributed by atoms with E-state index < -0.39 is 52.7 Å². The fourth-order valence-corrected chi connectivity index (χ4v) is 9.87. The summed E-state index contributed by atoms with van der Waals surface area (Å²) in [5.41, 5.74) is 3.96. The monoisotopic (exact) mass is 827 g/mol. The van der Waals surface area contributed by atoms with E-state index in [1.165, 1.54) is 31.1 Å². The van der Waals surface area contributed by atoms with Crippen LogP contribution in [0.3, 0.4) is 0 Å². The molecule has 0 radical (unpaired) electrons. The lowest BCUT2D eigenvalue weighted by Gasteiger charge is -2.50. The number of imide groups is 2. The van der Waals surface area contributed by atoms with Gasteiger partial charge in [0.15, 0.2) is 5.78 Å². The van der Waals surface area contributed by atoms with Crippen LogP contribution >= 0.6 is 39.1 Å². The number of Topliss-reactive ketones (excluding diaryl/α,β-unsaturated/α-hetero) is 1. The van der Waals surface area contributed by atoms with Crippen LogP contribution in [0.15, 0.2) is 101 Å². The van der Waals surface area contributed by atoms with Crippen LogP contribution in [0.2, 0.25) is 10.0 Å². The maximum Gasteiger partial charge on any atom is 0.260 e. The molecular weight excluding hydrogens is 797 g/mol. The van der Waals surface area contributed by atoms with Crippen LogP contribution in [0, 0.1) is 23.7 Å². The number of hydrogen-bond donors (Lipinski definition) is 2. The summed E-state index contributed by atoms with van der Waals surface area (Å²) in [6.07, 6.45) is 2.16. The number of nitrogens with zero attached hydrogens (tertiary/aromatic N) is 2. The first-order valence-electron chi connectivity index (χ1n) is 17.3. The largest absolute Gasteiger partial charge is 0.508 e. The number of ether oxygens (including phenoxy) is 1. The maximum absolute atomic E-state index is 15.4. The van der Waals surface area contributed by atoms with E-state index >= 15 is 4.79 Å². The minimum Gasteiger partial charge on any atom is -0.508 e. The third-order valence-corrected chi connectivity index (χ3v) is 12.5. The number of amides is 4. The maximum atomic E-state index is 15.4. The number of rotatable bonds is 7. The lowest BCUT2D eigenvalue weighted by atomic mass is 9.49. The van der Waals surface area contributed by atoms with Gasteiger partial charge in [-0.05, 0) is 104 Å². The number of hydrazine groups is 1. The molecule has 0 spiro atoms. The summed E-state index contributed by atoms with van der Waals surface area (Å²) in [4.78, 5) is 72.1. The van der Waals surface area contributed by atoms with E-state index in [-0.39, 0.29) is 41.0 Å². The van der Waals surface area contributed by atoms with Crippen LogP contribution in [-0.4, -0.2) is 46.6 Å². The summed E-state index contributed by atoms with van der Waals surface area (Å²) in [6, 6.07) is 22.8. The summed E-state index contributed by atoms with van der Waals surface area (Å²) >= 11 is 16.2. The molecule has 1 saturated carbocycles. The van der Waals surface area contributed by atoms with Crippen molar-refractivity contribution in [3.63, 3.8) is 0 Å². The van der Waals surface area contributed by atoms with Crippen molar-refractivity contribution in [2.24, 2.45) is 23.7 Å². The fourth-order valence-electron chi connectivity index (χ4n) is 9.04. The second-order valence-electron chi connectivity index (χ2n) is 14.0. The lowest BCUT2D eigenvalue weighted by molar-refractivity contribution is -0.138. The molecule has 4 aliphatic rings. The Labute approximate surface area is 328 Å². The Bertz CT molecular complexity index is 2310. The highest BCUT2D eigenvalue weighted by molar-refractivity contribution is 9.10. The number of phenols is 1. The second-order valence-corrected chi connectivity index (χ2v) is 15.8. The number of carbonyl (C=O) groups is 5. The standard InChI is InChI=1S/C41H32BrCl2N3O7/c1-20(48)21-3-9-25(10-4-21)46-37(50)28-14-13-27-29(35(28)39(46)52)19-31-38(51)47(45-33-15-8-24(43)18-32(33)44)40(53)41(31,22-5-11-26(54-2)12-6-22)36(27)30-17-23(42)7-16-34(30)49/h3-13,15-18,28-29,31,35-36,45,49H,14,19H2,1-2H3. The fraction of sp³-hybridized carbons (Fsp3) is 0.244. The van der Waals surface area contributed by atoms with E-state index in [2.05, 4.69) is 21.4 Å². The number of hydrogen-bond acceptors (Lipinski definition) is 8. The van der Waals surface area contributed by atoms with Gasteiger partial charge in [-0.15, -0.1) is 0 Å². The topological polar surface area (TPSA) is 133 Å². The molecule has 4 aromatic carbocycles. The van der Waals surface area contributed by atoms with Gasteiger partial charge in [0.2, 0.25) is 11.8 Å². The van der Waals surface area contributed by atoms with Crippen LogP contribution in [-0.2, 0) is 24.6 Å². The zero-order chi connectivity index (χ0) is 38.2. The summed E-state index contributed by atoms with van der Waals surface area (Å²) in [5, 5.41) is 13.1. The zero-order valence-electron chi connectivity index (χ0n) is 28.9. The first-order chi connectivity index (χ1) is 25.9. The predicted octanol–water partition coefficient (Wildman–Crippen LogP) is 7.86. The Hall–Kier alpha value is -4.97. The third kappa shape index (κ3) is 5.39. The molecule has 6 unspecified atom stereocenters. The third-order valence-electron chi connectivity index (χ3n) is 11.4. The van der Waals surface area contributed by atoms with Crippen LogP contribution < -0.4 is 15.1 Å². The predicted molar refractivity (Wildman–Crippen MR) is 205 cm³/mol. The lowest BCUT2D eigenvalue weighted by Crippen LogP contribution is -2.53. The molecule has 2 saturated heterocycles. The average Bonchev–Trinajstić information content (AvgIpc) is 3.54. The zero-order valence-corrected chi connectivity index (χ0v) is 32.0. The second kappa shape index (κ2) is 13.4.